The molecular weight excluding hydrogens is 282 g/mol. The lowest BCUT2D eigenvalue weighted by Crippen LogP contribution is -1.88. The second-order valence-corrected chi connectivity index (χ2v) is 4.92. The van der Waals surface area contributed by atoms with E-state index in [2.05, 4.69) is 9.98 Å². The van der Waals surface area contributed by atoms with Crippen molar-refractivity contribution in [2.75, 3.05) is 0 Å². The van der Waals surface area contributed by atoms with E-state index in [1.165, 1.54) is 12.1 Å². The lowest BCUT2D eigenvalue weighted by Gasteiger charge is -1.99. The third-order valence-electron chi connectivity index (χ3n) is 3.45. The van der Waals surface area contributed by atoms with E-state index < -0.39 is 4.92 Å². The Labute approximate surface area is 125 Å². The minimum atomic E-state index is -0.439. The highest BCUT2D eigenvalue weighted by molar-refractivity contribution is 6.02. The molecule has 0 aliphatic rings. The van der Waals surface area contributed by atoms with E-state index in [1.807, 2.05) is 24.3 Å². The molecule has 6 nitrogen and oxygen atoms in total. The second kappa shape index (κ2) is 5.33. The first-order valence-electron chi connectivity index (χ1n) is 6.65. The highest BCUT2D eigenvalue weighted by atomic mass is 16.6. The van der Waals surface area contributed by atoms with Crippen LogP contribution in [0.1, 0.15) is 11.1 Å². The Balaban J connectivity index is 2.00. The van der Waals surface area contributed by atoms with Gasteiger partial charge in [0.25, 0.3) is 5.69 Å². The van der Waals surface area contributed by atoms with Crippen LogP contribution in [-0.2, 0) is 0 Å². The van der Waals surface area contributed by atoms with Gasteiger partial charge in [-0.05, 0) is 24.6 Å². The summed E-state index contributed by atoms with van der Waals surface area (Å²) in [6.45, 7) is 1.76. The van der Waals surface area contributed by atoms with Gasteiger partial charge in [0.2, 0.25) is 0 Å². The van der Waals surface area contributed by atoms with E-state index in [0.717, 1.165) is 10.9 Å². The van der Waals surface area contributed by atoms with Crippen molar-refractivity contribution in [1.29, 1.82) is 0 Å². The Morgan fingerprint density at radius 1 is 1.27 bits per heavy atom. The molecule has 0 fully saturated rings. The Kier molecular flexibility index (Phi) is 3.34. The number of fused-ring (bicyclic) bond motifs is 1. The number of hydrogen-bond donors (Lipinski definition) is 2. The molecule has 2 aromatic carbocycles. The van der Waals surface area contributed by atoms with E-state index in [9.17, 15) is 15.2 Å². The second-order valence-electron chi connectivity index (χ2n) is 4.92. The number of aromatic hydroxyl groups is 1. The first-order chi connectivity index (χ1) is 10.6. The van der Waals surface area contributed by atoms with Crippen LogP contribution in [0.4, 0.5) is 11.4 Å². The predicted molar refractivity (Wildman–Crippen MR) is 85.1 cm³/mol. The van der Waals surface area contributed by atoms with Crippen molar-refractivity contribution in [3.63, 3.8) is 0 Å². The van der Waals surface area contributed by atoms with E-state index in [0.29, 0.717) is 16.8 Å². The van der Waals surface area contributed by atoms with Crippen molar-refractivity contribution in [2.24, 2.45) is 4.99 Å². The fourth-order valence-corrected chi connectivity index (χ4v) is 2.31. The number of nitro benzene ring substituents is 1. The standard InChI is InChI=1S/C16H13N3O3/c1-10-8-11(19(21)22)6-7-14(10)17-9-13-12-4-2-3-5-15(12)18-16(13)20/h2-9,18,20H,1H3. The van der Waals surface area contributed by atoms with Gasteiger partial charge in [-0.15, -0.1) is 0 Å². The van der Waals surface area contributed by atoms with Crippen molar-refractivity contribution in [1.82, 2.24) is 4.98 Å². The molecule has 0 aliphatic heterocycles. The van der Waals surface area contributed by atoms with Crippen molar-refractivity contribution in [3.05, 3.63) is 63.7 Å². The van der Waals surface area contributed by atoms with Crippen LogP contribution >= 0.6 is 0 Å². The summed E-state index contributed by atoms with van der Waals surface area (Å²) in [4.78, 5) is 17.5. The van der Waals surface area contributed by atoms with Crippen LogP contribution < -0.4 is 0 Å². The molecule has 0 saturated carbocycles. The Morgan fingerprint density at radius 2 is 2.05 bits per heavy atom. The van der Waals surface area contributed by atoms with Gasteiger partial charge in [0, 0.05) is 29.3 Å². The molecule has 3 rings (SSSR count). The number of non-ortho nitro benzene ring substituents is 1. The van der Waals surface area contributed by atoms with Gasteiger partial charge in [-0.3, -0.25) is 15.1 Å². The quantitative estimate of drug-likeness (QED) is 0.437. The summed E-state index contributed by atoms with van der Waals surface area (Å²) in [6.07, 6.45) is 1.56. The van der Waals surface area contributed by atoms with Gasteiger partial charge in [-0.1, -0.05) is 18.2 Å². The molecule has 0 atom stereocenters. The number of aromatic amines is 1. The third kappa shape index (κ3) is 2.42. The Bertz CT molecular complexity index is 897. The largest absolute Gasteiger partial charge is 0.494 e. The number of aryl methyl sites for hydroxylation is 1. The average molecular weight is 295 g/mol. The van der Waals surface area contributed by atoms with Crippen LogP contribution in [-0.4, -0.2) is 21.2 Å². The SMILES string of the molecule is Cc1cc([N+](=O)[O-])ccc1N=Cc1c(O)[nH]c2ccccc12. The lowest BCUT2D eigenvalue weighted by molar-refractivity contribution is -0.384. The van der Waals surface area contributed by atoms with Gasteiger partial charge in [0.15, 0.2) is 5.88 Å². The van der Waals surface area contributed by atoms with Crippen LogP contribution in [0.3, 0.4) is 0 Å². The maximum absolute atomic E-state index is 10.7. The summed E-state index contributed by atoms with van der Waals surface area (Å²) in [7, 11) is 0. The molecular formula is C16H13N3O3. The summed E-state index contributed by atoms with van der Waals surface area (Å²) in [5.41, 5.74) is 2.77. The number of hydrogen-bond acceptors (Lipinski definition) is 4. The van der Waals surface area contributed by atoms with E-state index in [-0.39, 0.29) is 11.6 Å². The molecule has 0 aliphatic carbocycles. The molecule has 1 aromatic heterocycles. The van der Waals surface area contributed by atoms with Gasteiger partial charge < -0.3 is 10.1 Å². The molecule has 0 bridgehead atoms. The number of nitrogens with zero attached hydrogens (tertiary/aromatic N) is 2. The highest BCUT2D eigenvalue weighted by Gasteiger charge is 2.09. The first kappa shape index (κ1) is 13.8. The van der Waals surface area contributed by atoms with Crippen LogP contribution in [0, 0.1) is 17.0 Å². The maximum atomic E-state index is 10.7. The zero-order chi connectivity index (χ0) is 15.7. The number of aromatic nitrogens is 1. The first-order valence-corrected chi connectivity index (χ1v) is 6.65. The number of para-hydroxylation sites is 1. The predicted octanol–water partition coefficient (Wildman–Crippen LogP) is 3.84. The molecule has 22 heavy (non-hydrogen) atoms. The molecule has 1 heterocycles. The van der Waals surface area contributed by atoms with E-state index in [4.69, 9.17) is 0 Å². The molecule has 3 aromatic rings. The van der Waals surface area contributed by atoms with Crippen LogP contribution in [0.5, 0.6) is 5.88 Å². The van der Waals surface area contributed by atoms with Gasteiger partial charge >= 0.3 is 0 Å². The fourth-order valence-electron chi connectivity index (χ4n) is 2.31. The Morgan fingerprint density at radius 3 is 2.77 bits per heavy atom. The molecule has 0 radical (unpaired) electrons. The summed E-state index contributed by atoms with van der Waals surface area (Å²) in [6, 6.07) is 12.0. The van der Waals surface area contributed by atoms with Crippen LogP contribution in [0.25, 0.3) is 10.9 Å². The van der Waals surface area contributed by atoms with Gasteiger partial charge in [-0.2, -0.15) is 0 Å². The smallest absolute Gasteiger partial charge is 0.269 e. The lowest BCUT2D eigenvalue weighted by atomic mass is 10.1. The molecule has 0 unspecified atom stereocenters. The van der Waals surface area contributed by atoms with Crippen molar-refractivity contribution in [3.8, 4) is 5.88 Å². The van der Waals surface area contributed by atoms with Gasteiger partial charge in [0.05, 0.1) is 16.2 Å². The number of nitro groups is 1. The third-order valence-corrected chi connectivity index (χ3v) is 3.45. The van der Waals surface area contributed by atoms with E-state index in [1.54, 1.807) is 19.2 Å². The normalized spacial score (nSPS) is 11.3. The zero-order valence-electron chi connectivity index (χ0n) is 11.8. The highest BCUT2D eigenvalue weighted by Crippen LogP contribution is 2.27. The van der Waals surface area contributed by atoms with Crippen molar-refractivity contribution < 1.29 is 10.0 Å². The average Bonchev–Trinajstić information content (AvgIpc) is 2.81. The van der Waals surface area contributed by atoms with Crippen LogP contribution in [0.2, 0.25) is 0 Å². The van der Waals surface area contributed by atoms with Crippen LogP contribution in [0.15, 0.2) is 47.5 Å². The fraction of sp³-hybridized carbons (Fsp3) is 0.0625. The molecule has 0 spiro atoms. The topological polar surface area (TPSA) is 91.5 Å². The molecule has 110 valence electrons. The van der Waals surface area contributed by atoms with Crippen molar-refractivity contribution in [2.45, 2.75) is 6.92 Å². The summed E-state index contributed by atoms with van der Waals surface area (Å²) >= 11 is 0. The molecule has 0 amide bonds. The summed E-state index contributed by atoms with van der Waals surface area (Å²) in [5.74, 6) is 0.0458. The minimum Gasteiger partial charge on any atom is -0.494 e. The number of nitrogens with one attached hydrogen (secondary N) is 1. The maximum Gasteiger partial charge on any atom is 0.269 e. The Hall–Kier alpha value is -3.15. The zero-order valence-corrected chi connectivity index (χ0v) is 11.8. The van der Waals surface area contributed by atoms with Gasteiger partial charge in [0.1, 0.15) is 0 Å². The summed E-state index contributed by atoms with van der Waals surface area (Å²) < 4.78 is 0. The minimum absolute atomic E-state index is 0.0337. The number of rotatable bonds is 3. The van der Waals surface area contributed by atoms with E-state index >= 15 is 0 Å². The summed E-state index contributed by atoms with van der Waals surface area (Å²) in [5, 5.41) is 21.6. The van der Waals surface area contributed by atoms with Gasteiger partial charge in [-0.25, -0.2) is 0 Å². The molecule has 6 heteroatoms. The molecule has 0 saturated heterocycles. The number of benzene rings is 2. The van der Waals surface area contributed by atoms with Crippen molar-refractivity contribution >= 4 is 28.5 Å². The molecule has 2 N–H and O–H groups in total. The monoisotopic (exact) mass is 295 g/mol. The number of aliphatic imine (C=N–C) groups is 1. The number of H-pyrrole nitrogens is 1.